The summed E-state index contributed by atoms with van der Waals surface area (Å²) in [5, 5.41) is 12.0. The summed E-state index contributed by atoms with van der Waals surface area (Å²) in [7, 11) is -4.57. The van der Waals surface area contributed by atoms with Crippen molar-refractivity contribution in [3.05, 3.63) is 59.2 Å². The standard InChI is InChI=1S/C24H26F3N3O7S/c1-15(2)17-5-3-16(4-6-17)12-28-22(32)20-13-29(14-31)9-10-30(20)38(35,36)18-7-8-21(37-24(25,26)27)19(11-18)23(33)34/h3-8,11,14-15,20H,9-10,12-13H2,1-2H3,(H,28,32)(H,33,34)/t20-/m1/s1. The van der Waals surface area contributed by atoms with E-state index in [0.29, 0.717) is 24.5 Å². The normalized spacial score (nSPS) is 16.8. The second-order valence-electron chi connectivity index (χ2n) is 8.86. The number of halogens is 3. The van der Waals surface area contributed by atoms with Crippen molar-refractivity contribution in [1.82, 2.24) is 14.5 Å². The van der Waals surface area contributed by atoms with Gasteiger partial charge in [-0.15, -0.1) is 13.2 Å². The number of piperazine rings is 1. The fourth-order valence-electron chi connectivity index (χ4n) is 3.90. The van der Waals surface area contributed by atoms with E-state index in [2.05, 4.69) is 10.1 Å². The number of ether oxygens (including phenoxy) is 1. The number of sulfonamides is 1. The van der Waals surface area contributed by atoms with E-state index in [1.165, 1.54) is 4.90 Å². The van der Waals surface area contributed by atoms with Crippen molar-refractivity contribution >= 4 is 28.3 Å². The number of rotatable bonds is 9. The van der Waals surface area contributed by atoms with Crippen LogP contribution in [0.1, 0.15) is 41.3 Å². The predicted octanol–water partition coefficient (Wildman–Crippen LogP) is 2.55. The molecule has 1 saturated heterocycles. The molecule has 0 radical (unpaired) electrons. The number of benzene rings is 2. The maximum atomic E-state index is 13.4. The number of carboxylic acid groups (broad SMARTS) is 1. The molecule has 2 aromatic rings. The summed E-state index contributed by atoms with van der Waals surface area (Å²) in [5.74, 6) is -3.33. The monoisotopic (exact) mass is 557 g/mol. The van der Waals surface area contributed by atoms with Gasteiger partial charge in [-0.2, -0.15) is 4.31 Å². The quantitative estimate of drug-likeness (QED) is 0.453. The predicted molar refractivity (Wildman–Crippen MR) is 128 cm³/mol. The summed E-state index contributed by atoms with van der Waals surface area (Å²) >= 11 is 0. The molecule has 0 bridgehead atoms. The lowest BCUT2D eigenvalue weighted by Gasteiger charge is -2.38. The third-order valence-electron chi connectivity index (χ3n) is 5.94. The molecule has 1 aliphatic heterocycles. The Labute approximate surface area is 217 Å². The van der Waals surface area contributed by atoms with Crippen molar-refractivity contribution in [2.45, 2.75) is 43.6 Å². The number of amides is 2. The van der Waals surface area contributed by atoms with Crippen LogP contribution in [-0.4, -0.2) is 73.1 Å². The SMILES string of the molecule is CC(C)c1ccc(CNC(=O)[C@H]2CN(C=O)CCN2S(=O)(=O)c2ccc(OC(F)(F)F)c(C(=O)O)c2)cc1. The summed E-state index contributed by atoms with van der Waals surface area (Å²) in [5.41, 5.74) is 0.825. The molecule has 1 heterocycles. The molecule has 10 nitrogen and oxygen atoms in total. The van der Waals surface area contributed by atoms with E-state index in [4.69, 9.17) is 0 Å². The van der Waals surface area contributed by atoms with Gasteiger partial charge in [-0.05, 0) is 35.2 Å². The highest BCUT2D eigenvalue weighted by atomic mass is 32.2. The molecule has 2 aromatic carbocycles. The van der Waals surface area contributed by atoms with Crippen molar-refractivity contribution < 1.29 is 45.8 Å². The number of carbonyl (C=O) groups is 3. The molecular weight excluding hydrogens is 531 g/mol. The van der Waals surface area contributed by atoms with Gasteiger partial charge in [0.25, 0.3) is 0 Å². The summed E-state index contributed by atoms with van der Waals surface area (Å²) in [6.45, 7) is 3.51. The van der Waals surface area contributed by atoms with Gasteiger partial charge in [0.15, 0.2) is 0 Å². The fourth-order valence-corrected chi connectivity index (χ4v) is 5.49. The molecule has 206 valence electrons. The summed E-state index contributed by atoms with van der Waals surface area (Å²) in [4.78, 5) is 36.5. The Morgan fingerprint density at radius 3 is 2.37 bits per heavy atom. The zero-order chi connectivity index (χ0) is 28.3. The molecule has 1 aliphatic rings. The van der Waals surface area contributed by atoms with Crippen molar-refractivity contribution in [1.29, 1.82) is 0 Å². The molecule has 0 aliphatic carbocycles. The molecule has 1 fully saturated rings. The van der Waals surface area contributed by atoms with Gasteiger partial charge >= 0.3 is 12.3 Å². The average Bonchev–Trinajstić information content (AvgIpc) is 2.86. The molecule has 2 N–H and O–H groups in total. The van der Waals surface area contributed by atoms with Crippen LogP contribution in [0.3, 0.4) is 0 Å². The van der Waals surface area contributed by atoms with Crippen LogP contribution in [0.25, 0.3) is 0 Å². The summed E-state index contributed by atoms with van der Waals surface area (Å²) < 4.78 is 69.3. The van der Waals surface area contributed by atoms with Gasteiger partial charge in [0.05, 0.1) is 4.90 Å². The van der Waals surface area contributed by atoms with E-state index in [-0.39, 0.29) is 26.2 Å². The van der Waals surface area contributed by atoms with Crippen molar-refractivity contribution in [3.8, 4) is 5.75 Å². The lowest BCUT2D eigenvalue weighted by atomic mass is 10.0. The van der Waals surface area contributed by atoms with Crippen LogP contribution in [0.4, 0.5) is 13.2 Å². The number of alkyl halides is 3. The van der Waals surface area contributed by atoms with Gasteiger partial charge in [0.1, 0.15) is 17.4 Å². The zero-order valence-electron chi connectivity index (χ0n) is 20.4. The topological polar surface area (TPSA) is 133 Å². The van der Waals surface area contributed by atoms with Gasteiger partial charge in [-0.3, -0.25) is 9.59 Å². The molecule has 3 rings (SSSR count). The van der Waals surface area contributed by atoms with Crippen LogP contribution in [0.5, 0.6) is 5.75 Å². The Kier molecular flexibility index (Phi) is 8.67. The Morgan fingerprint density at radius 2 is 1.82 bits per heavy atom. The van der Waals surface area contributed by atoms with Crippen molar-refractivity contribution in [3.63, 3.8) is 0 Å². The highest BCUT2D eigenvalue weighted by molar-refractivity contribution is 7.89. The molecule has 14 heteroatoms. The fraction of sp³-hybridized carbons (Fsp3) is 0.375. The first-order chi connectivity index (χ1) is 17.7. The van der Waals surface area contributed by atoms with Crippen LogP contribution >= 0.6 is 0 Å². The molecule has 0 saturated carbocycles. The van der Waals surface area contributed by atoms with Crippen molar-refractivity contribution in [2.75, 3.05) is 19.6 Å². The minimum Gasteiger partial charge on any atom is -0.478 e. The minimum atomic E-state index is -5.20. The number of hydrogen-bond donors (Lipinski definition) is 2. The maximum absolute atomic E-state index is 13.4. The van der Waals surface area contributed by atoms with E-state index in [1.807, 2.05) is 38.1 Å². The summed E-state index contributed by atoms with van der Waals surface area (Å²) in [6, 6.07) is 7.97. The maximum Gasteiger partial charge on any atom is 0.573 e. The van der Waals surface area contributed by atoms with Gasteiger partial charge < -0.3 is 20.1 Å². The number of nitrogens with one attached hydrogen (secondary N) is 1. The number of aromatic carboxylic acids is 1. The lowest BCUT2D eigenvalue weighted by molar-refractivity contribution is -0.274. The number of hydrogen-bond acceptors (Lipinski definition) is 6. The third-order valence-corrected chi connectivity index (χ3v) is 7.85. The Hall–Kier alpha value is -3.65. The first-order valence-electron chi connectivity index (χ1n) is 11.4. The smallest absolute Gasteiger partial charge is 0.478 e. The Bertz CT molecular complexity index is 1300. The van der Waals surface area contributed by atoms with E-state index < -0.39 is 50.5 Å². The number of carbonyl (C=O) groups excluding carboxylic acids is 2. The van der Waals surface area contributed by atoms with Crippen LogP contribution in [0.15, 0.2) is 47.4 Å². The van der Waals surface area contributed by atoms with Crippen molar-refractivity contribution in [2.24, 2.45) is 0 Å². The average molecular weight is 558 g/mol. The lowest BCUT2D eigenvalue weighted by Crippen LogP contribution is -2.60. The third kappa shape index (κ3) is 6.81. The Balaban J connectivity index is 1.87. The number of carboxylic acids is 1. The van der Waals surface area contributed by atoms with E-state index in [1.54, 1.807) is 0 Å². The van der Waals surface area contributed by atoms with Gasteiger partial charge in [0, 0.05) is 26.2 Å². The van der Waals surface area contributed by atoms with Gasteiger partial charge in [0.2, 0.25) is 22.3 Å². The second-order valence-corrected chi connectivity index (χ2v) is 10.7. The zero-order valence-corrected chi connectivity index (χ0v) is 21.3. The van der Waals surface area contributed by atoms with Crippen LogP contribution < -0.4 is 10.1 Å². The van der Waals surface area contributed by atoms with E-state index in [9.17, 15) is 41.1 Å². The molecule has 1 atom stereocenters. The van der Waals surface area contributed by atoms with E-state index >= 15 is 0 Å². The van der Waals surface area contributed by atoms with Gasteiger partial charge in [-0.1, -0.05) is 38.1 Å². The first-order valence-corrected chi connectivity index (χ1v) is 12.9. The number of nitrogens with zero attached hydrogens (tertiary/aromatic N) is 2. The highest BCUT2D eigenvalue weighted by Crippen LogP contribution is 2.30. The first kappa shape index (κ1) is 28.9. The molecule has 38 heavy (non-hydrogen) atoms. The molecule has 0 spiro atoms. The van der Waals surface area contributed by atoms with Gasteiger partial charge in [-0.25, -0.2) is 13.2 Å². The van der Waals surface area contributed by atoms with Crippen LogP contribution in [0.2, 0.25) is 0 Å². The molecule has 0 aromatic heterocycles. The summed E-state index contributed by atoms with van der Waals surface area (Å²) in [6.07, 6.45) is -4.73. The molecular formula is C24H26F3N3O7S. The largest absolute Gasteiger partial charge is 0.573 e. The molecule has 2 amide bonds. The second kappa shape index (κ2) is 11.4. The molecule has 0 unspecified atom stereocenters. The highest BCUT2D eigenvalue weighted by Gasteiger charge is 2.41. The van der Waals surface area contributed by atoms with Crippen LogP contribution in [-0.2, 0) is 26.2 Å². The van der Waals surface area contributed by atoms with E-state index in [0.717, 1.165) is 21.5 Å². The Morgan fingerprint density at radius 1 is 1.16 bits per heavy atom. The minimum absolute atomic E-state index is 0.0514. The van der Waals surface area contributed by atoms with Crippen LogP contribution in [0, 0.1) is 0 Å².